The second kappa shape index (κ2) is 10.8. The van der Waals surface area contributed by atoms with Crippen molar-refractivity contribution in [1.82, 2.24) is 10.2 Å². The summed E-state index contributed by atoms with van der Waals surface area (Å²) >= 11 is 6.74. The third-order valence-corrected chi connectivity index (χ3v) is 5.66. The molecule has 9 heteroatoms. The minimum Gasteiger partial charge on any atom is -0.378 e. The molecular weight excluding hydrogens is 416 g/mol. The van der Waals surface area contributed by atoms with Gasteiger partial charge in [0.1, 0.15) is 0 Å². The molecule has 1 N–H and O–H groups in total. The lowest BCUT2D eigenvalue weighted by Crippen LogP contribution is -2.37. The van der Waals surface area contributed by atoms with Crippen molar-refractivity contribution >= 4 is 46.5 Å². The van der Waals surface area contributed by atoms with Crippen molar-refractivity contribution in [3.8, 4) is 0 Å². The molecule has 3 amide bonds. The zero-order valence-corrected chi connectivity index (χ0v) is 17.5. The lowest BCUT2D eigenvalue weighted by molar-refractivity contribution is -0.124. The lowest BCUT2D eigenvalue weighted by atomic mass is 10.2. The highest BCUT2D eigenvalue weighted by Gasteiger charge is 2.34. The molecule has 7 nitrogen and oxygen atoms in total. The van der Waals surface area contributed by atoms with E-state index >= 15 is 0 Å². The summed E-state index contributed by atoms with van der Waals surface area (Å²) in [6.45, 7) is 1.93. The summed E-state index contributed by atoms with van der Waals surface area (Å²) in [7, 11) is 0. The van der Waals surface area contributed by atoms with Gasteiger partial charge in [0.25, 0.3) is 11.1 Å². The number of thioether (sulfide) groups is 1. The maximum absolute atomic E-state index is 12.4. The van der Waals surface area contributed by atoms with Gasteiger partial charge in [0, 0.05) is 31.1 Å². The molecule has 1 aromatic rings. The molecule has 0 saturated carbocycles. The first-order valence-corrected chi connectivity index (χ1v) is 10.7. The Morgan fingerprint density at radius 3 is 2.86 bits per heavy atom. The molecule has 1 aromatic carbocycles. The molecule has 0 spiro atoms. The Kier molecular flexibility index (Phi) is 8.11. The average Bonchev–Trinajstić information content (AvgIpc) is 3.31. The summed E-state index contributed by atoms with van der Waals surface area (Å²) in [6.07, 6.45) is 4.07. The van der Waals surface area contributed by atoms with Gasteiger partial charge in [-0.25, -0.2) is 0 Å². The van der Waals surface area contributed by atoms with Gasteiger partial charge in [-0.15, -0.1) is 0 Å². The van der Waals surface area contributed by atoms with Gasteiger partial charge in [0.2, 0.25) is 5.91 Å². The molecule has 0 aliphatic carbocycles. The van der Waals surface area contributed by atoms with Crippen LogP contribution in [0.15, 0.2) is 29.2 Å². The number of nitrogens with one attached hydrogen (secondary N) is 1. The highest BCUT2D eigenvalue weighted by Crippen LogP contribution is 2.32. The molecular formula is C20H23ClN2O5S. The van der Waals surface area contributed by atoms with E-state index in [9.17, 15) is 14.4 Å². The number of rotatable bonds is 9. The maximum atomic E-state index is 12.4. The van der Waals surface area contributed by atoms with Crippen LogP contribution in [0.2, 0.25) is 5.02 Å². The van der Waals surface area contributed by atoms with Crippen molar-refractivity contribution in [2.75, 3.05) is 32.9 Å². The quantitative estimate of drug-likeness (QED) is 0.471. The highest BCUT2D eigenvalue weighted by molar-refractivity contribution is 8.18. The summed E-state index contributed by atoms with van der Waals surface area (Å²) in [5.74, 6) is -0.537. The third kappa shape index (κ3) is 6.57. The van der Waals surface area contributed by atoms with E-state index in [-0.39, 0.29) is 42.7 Å². The van der Waals surface area contributed by atoms with Crippen LogP contribution in [0, 0.1) is 0 Å². The molecule has 1 atom stereocenters. The first-order chi connectivity index (χ1) is 14.0. The van der Waals surface area contributed by atoms with Crippen LogP contribution in [0.5, 0.6) is 0 Å². The monoisotopic (exact) mass is 438 g/mol. The Balaban J connectivity index is 1.37. The minimum atomic E-state index is -0.357. The molecule has 2 fully saturated rings. The van der Waals surface area contributed by atoms with Crippen molar-refractivity contribution in [2.45, 2.75) is 25.4 Å². The second-order valence-corrected chi connectivity index (χ2v) is 8.12. The highest BCUT2D eigenvalue weighted by atomic mass is 35.5. The minimum absolute atomic E-state index is 0.130. The predicted octanol–water partition coefficient (Wildman–Crippen LogP) is 3.08. The fraction of sp³-hybridized carbons (Fsp3) is 0.450. The van der Waals surface area contributed by atoms with Crippen molar-refractivity contribution in [2.24, 2.45) is 0 Å². The summed E-state index contributed by atoms with van der Waals surface area (Å²) in [5.41, 5.74) is 0.788. The smallest absolute Gasteiger partial charge is 0.293 e. The van der Waals surface area contributed by atoms with E-state index < -0.39 is 0 Å². The van der Waals surface area contributed by atoms with E-state index in [4.69, 9.17) is 21.1 Å². The van der Waals surface area contributed by atoms with Crippen LogP contribution in [-0.4, -0.2) is 61.0 Å². The van der Waals surface area contributed by atoms with E-state index in [1.165, 1.54) is 0 Å². The number of carbonyl (C=O) groups excluding carboxylic acids is 3. The fourth-order valence-electron chi connectivity index (χ4n) is 2.95. The van der Waals surface area contributed by atoms with E-state index in [2.05, 4.69) is 5.32 Å². The Labute approximate surface area is 178 Å². The second-order valence-electron chi connectivity index (χ2n) is 6.69. The van der Waals surface area contributed by atoms with Gasteiger partial charge < -0.3 is 14.8 Å². The van der Waals surface area contributed by atoms with E-state index in [0.29, 0.717) is 23.1 Å². The normalized spacial score (nSPS) is 20.7. The van der Waals surface area contributed by atoms with Crippen molar-refractivity contribution in [1.29, 1.82) is 0 Å². The molecule has 0 aromatic heterocycles. The molecule has 2 heterocycles. The molecule has 2 aliphatic heterocycles. The van der Waals surface area contributed by atoms with Crippen LogP contribution in [0.1, 0.15) is 24.8 Å². The summed E-state index contributed by atoms with van der Waals surface area (Å²) in [4.78, 5) is 37.9. The van der Waals surface area contributed by atoms with Crippen LogP contribution in [0.3, 0.4) is 0 Å². The third-order valence-electron chi connectivity index (χ3n) is 4.50. The zero-order valence-electron chi connectivity index (χ0n) is 15.9. The van der Waals surface area contributed by atoms with Crippen LogP contribution in [0.4, 0.5) is 4.79 Å². The fourth-order valence-corrected chi connectivity index (χ4v) is 3.95. The zero-order chi connectivity index (χ0) is 20.6. The number of carbonyl (C=O) groups is 3. The largest absolute Gasteiger partial charge is 0.378 e. The van der Waals surface area contributed by atoms with Crippen molar-refractivity contribution in [3.63, 3.8) is 0 Å². The van der Waals surface area contributed by atoms with Crippen LogP contribution in [0.25, 0.3) is 6.08 Å². The molecule has 0 bridgehead atoms. The number of hydrogen-bond donors (Lipinski definition) is 1. The molecule has 2 saturated heterocycles. The van der Waals surface area contributed by atoms with Crippen molar-refractivity contribution < 1.29 is 23.9 Å². The number of ether oxygens (including phenoxy) is 2. The van der Waals surface area contributed by atoms with Crippen LogP contribution >= 0.6 is 23.4 Å². The molecule has 29 heavy (non-hydrogen) atoms. The number of halogens is 1. The number of amides is 3. The predicted molar refractivity (Wildman–Crippen MR) is 112 cm³/mol. The van der Waals surface area contributed by atoms with Gasteiger partial charge in [-0.2, -0.15) is 0 Å². The maximum Gasteiger partial charge on any atom is 0.293 e. The molecule has 3 rings (SSSR count). The Hall–Kier alpha value is -1.87. The summed E-state index contributed by atoms with van der Waals surface area (Å²) < 4.78 is 10.9. The number of nitrogens with zero attached hydrogens (tertiary/aromatic N) is 1. The first-order valence-electron chi connectivity index (χ1n) is 9.50. The van der Waals surface area contributed by atoms with Gasteiger partial charge in [-0.3, -0.25) is 19.3 Å². The van der Waals surface area contributed by atoms with Gasteiger partial charge >= 0.3 is 0 Å². The number of imide groups is 1. The molecule has 156 valence electrons. The topological polar surface area (TPSA) is 84.9 Å². The van der Waals surface area contributed by atoms with E-state index in [0.717, 1.165) is 41.7 Å². The van der Waals surface area contributed by atoms with E-state index in [1.807, 2.05) is 0 Å². The first kappa shape index (κ1) is 21.8. The summed E-state index contributed by atoms with van der Waals surface area (Å²) in [5, 5.41) is 2.97. The number of benzene rings is 1. The Morgan fingerprint density at radius 2 is 2.14 bits per heavy atom. The van der Waals surface area contributed by atoms with Crippen LogP contribution < -0.4 is 5.32 Å². The Bertz CT molecular complexity index is 778. The molecule has 0 radical (unpaired) electrons. The Morgan fingerprint density at radius 1 is 1.34 bits per heavy atom. The molecule has 2 aliphatic rings. The van der Waals surface area contributed by atoms with Gasteiger partial charge in [-0.05, 0) is 48.4 Å². The van der Waals surface area contributed by atoms with Crippen LogP contribution in [-0.2, 0) is 19.1 Å². The number of hydrogen-bond acceptors (Lipinski definition) is 6. The van der Waals surface area contributed by atoms with Gasteiger partial charge in [-0.1, -0.05) is 23.7 Å². The summed E-state index contributed by atoms with van der Waals surface area (Å²) in [6, 6.07) is 6.99. The van der Waals surface area contributed by atoms with Crippen molar-refractivity contribution in [3.05, 3.63) is 39.8 Å². The average molecular weight is 439 g/mol. The molecule has 1 unspecified atom stereocenters. The van der Waals surface area contributed by atoms with Gasteiger partial charge in [0.05, 0.1) is 24.2 Å². The SMILES string of the molecule is O=C(CCOCC1CCCO1)NCCN1C(=O)S/C(=C\c2ccc(Cl)cc2)C1=O. The standard InChI is InChI=1S/C20H23ClN2O5S/c21-15-5-3-14(4-6-15)12-17-19(25)23(20(26)29-17)9-8-22-18(24)7-11-27-13-16-2-1-10-28-16/h3-6,12,16H,1-2,7-11,13H2,(H,22,24)/b17-12-. The lowest BCUT2D eigenvalue weighted by Gasteiger charge is -2.13. The van der Waals surface area contributed by atoms with E-state index in [1.54, 1.807) is 30.3 Å². The van der Waals surface area contributed by atoms with Gasteiger partial charge in [0.15, 0.2) is 0 Å².